The summed E-state index contributed by atoms with van der Waals surface area (Å²) in [7, 11) is 3.96. The fourth-order valence-corrected chi connectivity index (χ4v) is 3.51. The van der Waals surface area contributed by atoms with E-state index in [-0.39, 0.29) is 12.5 Å². The fourth-order valence-electron chi connectivity index (χ4n) is 3.51. The minimum absolute atomic E-state index is 0.0861. The average Bonchev–Trinajstić information content (AvgIpc) is 2.80. The van der Waals surface area contributed by atoms with E-state index < -0.39 is 5.69 Å². The third-order valence-corrected chi connectivity index (χ3v) is 5.18. The van der Waals surface area contributed by atoms with Crippen LogP contribution in [0.5, 0.6) is 0 Å². The Kier molecular flexibility index (Phi) is 5.80. The standard InChI is InChI=1S/C25H24N4O2/c1-28(2)20-14-12-18(13-15-20)16-26-23(30)17-29-22-11-7-6-10-21(22)24(27-25(29)31)19-8-4-3-5-9-19/h3-15H,16-17H2,1-2H3,(H,26,30). The van der Waals surface area contributed by atoms with Gasteiger partial charge in [0.25, 0.3) is 0 Å². The second-order valence-electron chi connectivity index (χ2n) is 7.55. The van der Waals surface area contributed by atoms with Crippen LogP contribution < -0.4 is 15.9 Å². The number of anilines is 1. The number of nitrogens with zero attached hydrogens (tertiary/aromatic N) is 3. The summed E-state index contributed by atoms with van der Waals surface area (Å²) in [6, 6.07) is 25.1. The molecule has 6 nitrogen and oxygen atoms in total. The van der Waals surface area contributed by atoms with Crippen LogP contribution in [-0.2, 0) is 17.9 Å². The lowest BCUT2D eigenvalue weighted by Gasteiger charge is -2.14. The van der Waals surface area contributed by atoms with E-state index in [0.717, 1.165) is 22.2 Å². The lowest BCUT2D eigenvalue weighted by Crippen LogP contribution is -2.33. The molecule has 6 heteroatoms. The van der Waals surface area contributed by atoms with Gasteiger partial charge in [0, 0.05) is 37.3 Å². The minimum atomic E-state index is -0.442. The number of hydrogen-bond donors (Lipinski definition) is 1. The maximum atomic E-state index is 12.8. The van der Waals surface area contributed by atoms with E-state index in [1.807, 2.05) is 97.9 Å². The Morgan fingerprint density at radius 1 is 0.935 bits per heavy atom. The lowest BCUT2D eigenvalue weighted by molar-refractivity contribution is -0.121. The number of fused-ring (bicyclic) bond motifs is 1. The Bertz CT molecular complexity index is 1260. The first-order valence-electron chi connectivity index (χ1n) is 10.1. The summed E-state index contributed by atoms with van der Waals surface area (Å²) in [5.41, 5.74) is 3.83. The summed E-state index contributed by atoms with van der Waals surface area (Å²) in [5, 5.41) is 3.73. The van der Waals surface area contributed by atoms with E-state index >= 15 is 0 Å². The largest absolute Gasteiger partial charge is 0.378 e. The molecule has 0 unspecified atom stereocenters. The molecule has 0 aliphatic heterocycles. The zero-order chi connectivity index (χ0) is 21.8. The van der Waals surface area contributed by atoms with Crippen LogP contribution in [0.25, 0.3) is 22.2 Å². The number of rotatable bonds is 6. The van der Waals surface area contributed by atoms with Gasteiger partial charge in [-0.25, -0.2) is 4.79 Å². The van der Waals surface area contributed by atoms with Gasteiger partial charge in [0.15, 0.2) is 0 Å². The minimum Gasteiger partial charge on any atom is -0.378 e. The summed E-state index contributed by atoms with van der Waals surface area (Å²) in [5.74, 6) is -0.238. The molecule has 0 aliphatic rings. The van der Waals surface area contributed by atoms with Crippen LogP contribution in [0.2, 0.25) is 0 Å². The predicted molar refractivity (Wildman–Crippen MR) is 124 cm³/mol. The van der Waals surface area contributed by atoms with E-state index in [1.54, 1.807) is 0 Å². The number of carbonyl (C=O) groups excluding carboxylic acids is 1. The van der Waals surface area contributed by atoms with Gasteiger partial charge >= 0.3 is 5.69 Å². The molecular formula is C25H24N4O2. The molecule has 4 aromatic rings. The first-order chi connectivity index (χ1) is 15.0. The van der Waals surface area contributed by atoms with Crippen LogP contribution >= 0.6 is 0 Å². The van der Waals surface area contributed by atoms with Crippen molar-refractivity contribution in [2.45, 2.75) is 13.1 Å². The highest BCUT2D eigenvalue weighted by atomic mass is 16.2. The first-order valence-corrected chi connectivity index (χ1v) is 10.1. The molecule has 0 aliphatic carbocycles. The number of amides is 1. The van der Waals surface area contributed by atoms with Gasteiger partial charge in [-0.1, -0.05) is 60.7 Å². The SMILES string of the molecule is CN(C)c1ccc(CNC(=O)Cn2c(=O)nc(-c3ccccc3)c3ccccc32)cc1. The molecule has 0 fully saturated rings. The molecular weight excluding hydrogens is 388 g/mol. The zero-order valence-electron chi connectivity index (χ0n) is 17.6. The predicted octanol–water partition coefficient (Wildman–Crippen LogP) is 3.45. The van der Waals surface area contributed by atoms with E-state index in [2.05, 4.69) is 10.3 Å². The van der Waals surface area contributed by atoms with Gasteiger partial charge in [-0.15, -0.1) is 0 Å². The Morgan fingerprint density at radius 3 is 2.32 bits per heavy atom. The molecule has 0 saturated heterocycles. The Balaban J connectivity index is 1.56. The number of aromatic nitrogens is 2. The van der Waals surface area contributed by atoms with Gasteiger partial charge in [0.1, 0.15) is 6.54 Å². The molecule has 0 radical (unpaired) electrons. The van der Waals surface area contributed by atoms with Crippen molar-refractivity contribution >= 4 is 22.5 Å². The van der Waals surface area contributed by atoms with E-state index in [4.69, 9.17) is 0 Å². The van der Waals surface area contributed by atoms with E-state index in [1.165, 1.54) is 4.57 Å². The smallest absolute Gasteiger partial charge is 0.349 e. The maximum absolute atomic E-state index is 12.8. The second-order valence-corrected chi connectivity index (χ2v) is 7.55. The van der Waals surface area contributed by atoms with Crippen molar-refractivity contribution in [2.24, 2.45) is 0 Å². The Hall–Kier alpha value is -3.93. The maximum Gasteiger partial charge on any atom is 0.349 e. The van der Waals surface area contributed by atoms with Gasteiger partial charge in [0.05, 0.1) is 11.2 Å². The summed E-state index contributed by atoms with van der Waals surface area (Å²) in [6.45, 7) is 0.311. The van der Waals surface area contributed by atoms with E-state index in [0.29, 0.717) is 17.8 Å². The Morgan fingerprint density at radius 2 is 1.61 bits per heavy atom. The summed E-state index contributed by atoms with van der Waals surface area (Å²) >= 11 is 0. The summed E-state index contributed by atoms with van der Waals surface area (Å²) in [4.78, 5) is 31.7. The quantitative estimate of drug-likeness (QED) is 0.527. The topological polar surface area (TPSA) is 67.2 Å². The molecule has 156 valence electrons. The number of benzene rings is 3. The summed E-state index contributed by atoms with van der Waals surface area (Å²) < 4.78 is 1.42. The van der Waals surface area contributed by atoms with Gasteiger partial charge in [-0.05, 0) is 23.8 Å². The highest BCUT2D eigenvalue weighted by Gasteiger charge is 2.14. The molecule has 3 aromatic carbocycles. The van der Waals surface area contributed by atoms with Crippen molar-refractivity contribution in [2.75, 3.05) is 19.0 Å². The van der Waals surface area contributed by atoms with Crippen molar-refractivity contribution in [1.82, 2.24) is 14.9 Å². The molecule has 0 bridgehead atoms. The highest BCUT2D eigenvalue weighted by Crippen LogP contribution is 2.24. The van der Waals surface area contributed by atoms with Crippen molar-refractivity contribution in [1.29, 1.82) is 0 Å². The van der Waals surface area contributed by atoms with Crippen LogP contribution in [-0.4, -0.2) is 29.6 Å². The molecule has 1 heterocycles. The molecule has 1 aromatic heterocycles. The number of carbonyl (C=O) groups is 1. The molecule has 0 atom stereocenters. The summed E-state index contributed by atoms with van der Waals surface area (Å²) in [6.07, 6.45) is 0. The molecule has 4 rings (SSSR count). The van der Waals surface area contributed by atoms with Crippen LogP contribution in [0.4, 0.5) is 5.69 Å². The zero-order valence-corrected chi connectivity index (χ0v) is 17.6. The number of para-hydroxylation sites is 1. The monoisotopic (exact) mass is 412 g/mol. The van der Waals surface area contributed by atoms with Gasteiger partial charge in [0.2, 0.25) is 5.91 Å². The van der Waals surface area contributed by atoms with E-state index in [9.17, 15) is 9.59 Å². The molecule has 1 N–H and O–H groups in total. The van der Waals surface area contributed by atoms with Crippen LogP contribution in [0.1, 0.15) is 5.56 Å². The molecule has 31 heavy (non-hydrogen) atoms. The van der Waals surface area contributed by atoms with Crippen LogP contribution in [0.15, 0.2) is 83.7 Å². The molecule has 0 saturated carbocycles. The van der Waals surface area contributed by atoms with Gasteiger partial charge < -0.3 is 10.2 Å². The van der Waals surface area contributed by atoms with Crippen molar-refractivity contribution in [3.63, 3.8) is 0 Å². The van der Waals surface area contributed by atoms with Gasteiger partial charge in [-0.2, -0.15) is 4.98 Å². The molecule has 0 spiro atoms. The van der Waals surface area contributed by atoms with Crippen molar-refractivity contribution in [3.05, 3.63) is 94.9 Å². The van der Waals surface area contributed by atoms with Crippen LogP contribution in [0.3, 0.4) is 0 Å². The third kappa shape index (κ3) is 4.48. The van der Waals surface area contributed by atoms with Crippen molar-refractivity contribution < 1.29 is 4.79 Å². The normalized spacial score (nSPS) is 10.8. The van der Waals surface area contributed by atoms with Crippen LogP contribution in [0, 0.1) is 0 Å². The highest BCUT2D eigenvalue weighted by molar-refractivity contribution is 5.93. The third-order valence-electron chi connectivity index (χ3n) is 5.18. The number of hydrogen-bond acceptors (Lipinski definition) is 4. The molecule has 1 amide bonds. The Labute approximate surface area is 180 Å². The van der Waals surface area contributed by atoms with Gasteiger partial charge in [-0.3, -0.25) is 9.36 Å². The first kappa shape index (κ1) is 20.3. The number of nitrogens with one attached hydrogen (secondary N) is 1. The fraction of sp³-hybridized carbons (Fsp3) is 0.160. The second kappa shape index (κ2) is 8.83. The van der Waals surface area contributed by atoms with Crippen molar-refractivity contribution in [3.8, 4) is 11.3 Å². The lowest BCUT2D eigenvalue weighted by atomic mass is 10.1. The average molecular weight is 412 g/mol.